The van der Waals surface area contributed by atoms with E-state index >= 15 is 0 Å². The Morgan fingerprint density at radius 2 is 1.89 bits per heavy atom. The van der Waals surface area contributed by atoms with E-state index in [0.29, 0.717) is 21.7 Å². The number of carbonyl (C=O) groups is 1. The van der Waals surface area contributed by atoms with Gasteiger partial charge in [-0.1, -0.05) is 35.6 Å². The number of rotatable bonds is 3. The predicted octanol–water partition coefficient (Wildman–Crippen LogP) is 4.12. The lowest BCUT2D eigenvalue weighted by Gasteiger charge is -2.22. The molecule has 6 nitrogen and oxygen atoms in total. The fraction of sp³-hybridized carbons (Fsp3) is 0.100. The fourth-order valence-electron chi connectivity index (χ4n) is 3.49. The summed E-state index contributed by atoms with van der Waals surface area (Å²) >= 11 is 2.87. The molecule has 28 heavy (non-hydrogen) atoms. The molecule has 2 aromatic heterocycles. The summed E-state index contributed by atoms with van der Waals surface area (Å²) in [5, 5.41) is 8.81. The highest BCUT2D eigenvalue weighted by Gasteiger charge is 2.44. The second-order valence-corrected chi connectivity index (χ2v) is 7.93. The van der Waals surface area contributed by atoms with Crippen LogP contribution in [0.15, 0.2) is 68.1 Å². The predicted molar refractivity (Wildman–Crippen MR) is 109 cm³/mol. The Hall–Kier alpha value is -2.97. The molecule has 1 unspecified atom stereocenters. The molecule has 1 atom stereocenters. The molecule has 1 aliphatic heterocycles. The molecular formula is C20H13N3O3S2. The molecule has 0 saturated carbocycles. The van der Waals surface area contributed by atoms with Gasteiger partial charge in [0.2, 0.25) is 10.9 Å². The Balaban J connectivity index is 1.80. The fourth-order valence-corrected chi connectivity index (χ4v) is 4.48. The monoisotopic (exact) mass is 407 g/mol. The highest BCUT2D eigenvalue weighted by molar-refractivity contribution is 7.98. The molecule has 0 radical (unpaired) electrons. The second-order valence-electron chi connectivity index (χ2n) is 6.24. The van der Waals surface area contributed by atoms with E-state index in [-0.39, 0.29) is 17.1 Å². The lowest BCUT2D eigenvalue weighted by molar-refractivity contribution is 0.0970. The van der Waals surface area contributed by atoms with Crippen molar-refractivity contribution in [1.82, 2.24) is 10.2 Å². The third-order valence-corrected chi connectivity index (χ3v) is 6.20. The summed E-state index contributed by atoms with van der Waals surface area (Å²) in [6.45, 7) is 0. The van der Waals surface area contributed by atoms with Crippen molar-refractivity contribution in [2.45, 2.75) is 10.9 Å². The summed E-state index contributed by atoms with van der Waals surface area (Å²) in [7, 11) is 0. The normalized spacial score (nSPS) is 16.0. The van der Waals surface area contributed by atoms with Gasteiger partial charge in [-0.15, -0.1) is 22.0 Å². The van der Waals surface area contributed by atoms with E-state index in [2.05, 4.69) is 10.2 Å². The molecule has 0 fully saturated rings. The van der Waals surface area contributed by atoms with Gasteiger partial charge in [0.05, 0.1) is 17.0 Å². The van der Waals surface area contributed by atoms with Gasteiger partial charge >= 0.3 is 0 Å². The largest absolute Gasteiger partial charge is 0.450 e. The van der Waals surface area contributed by atoms with Crippen LogP contribution in [-0.4, -0.2) is 22.4 Å². The first-order valence-electron chi connectivity index (χ1n) is 8.48. The van der Waals surface area contributed by atoms with Gasteiger partial charge in [0.25, 0.3) is 5.91 Å². The van der Waals surface area contributed by atoms with Gasteiger partial charge in [-0.3, -0.25) is 14.5 Å². The summed E-state index contributed by atoms with van der Waals surface area (Å²) < 4.78 is 5.88. The van der Waals surface area contributed by atoms with Crippen LogP contribution in [0.1, 0.15) is 27.7 Å². The zero-order valence-electron chi connectivity index (χ0n) is 14.7. The van der Waals surface area contributed by atoms with E-state index in [1.54, 1.807) is 41.5 Å². The van der Waals surface area contributed by atoms with Crippen molar-refractivity contribution in [3.63, 3.8) is 0 Å². The van der Waals surface area contributed by atoms with Gasteiger partial charge in [-0.25, -0.2) is 0 Å². The summed E-state index contributed by atoms with van der Waals surface area (Å²) in [6, 6.07) is 14.2. The molecule has 8 heteroatoms. The Kier molecular flexibility index (Phi) is 4.03. The Labute approximate surface area is 167 Å². The van der Waals surface area contributed by atoms with Crippen molar-refractivity contribution in [2.24, 2.45) is 0 Å². The molecule has 0 saturated heterocycles. The molecule has 3 heterocycles. The molecule has 138 valence electrons. The van der Waals surface area contributed by atoms with E-state index in [1.807, 2.05) is 30.5 Å². The van der Waals surface area contributed by atoms with Crippen LogP contribution in [0.2, 0.25) is 0 Å². The maximum Gasteiger partial charge on any atom is 0.297 e. The maximum atomic E-state index is 13.3. The summed E-state index contributed by atoms with van der Waals surface area (Å²) in [5.74, 6) is -0.314. The van der Waals surface area contributed by atoms with E-state index in [0.717, 1.165) is 10.5 Å². The summed E-state index contributed by atoms with van der Waals surface area (Å²) in [5.41, 5.74) is 2.93. The van der Waals surface area contributed by atoms with Gasteiger partial charge in [-0.05, 0) is 36.1 Å². The highest BCUT2D eigenvalue weighted by atomic mass is 32.2. The molecule has 2 aromatic carbocycles. The van der Waals surface area contributed by atoms with Crippen LogP contribution >= 0.6 is 23.1 Å². The maximum absolute atomic E-state index is 13.3. The summed E-state index contributed by atoms with van der Waals surface area (Å²) in [6.07, 6.45) is 2.00. The smallest absolute Gasteiger partial charge is 0.297 e. The Bertz CT molecular complexity index is 1250. The number of carbonyl (C=O) groups excluding carboxylic acids is 1. The number of hydrogen-bond donors (Lipinski definition) is 0. The van der Waals surface area contributed by atoms with Crippen molar-refractivity contribution in [1.29, 1.82) is 0 Å². The number of aromatic nitrogens is 2. The number of thioether (sulfide) groups is 1. The first kappa shape index (κ1) is 17.2. The Morgan fingerprint density at radius 3 is 2.61 bits per heavy atom. The number of benzene rings is 2. The lowest BCUT2D eigenvalue weighted by Crippen LogP contribution is -2.29. The number of nitrogens with zero attached hydrogens (tertiary/aromatic N) is 3. The first-order valence-corrected chi connectivity index (χ1v) is 10.6. The number of para-hydroxylation sites is 1. The Morgan fingerprint density at radius 1 is 1.11 bits per heavy atom. The zero-order chi connectivity index (χ0) is 19.3. The van der Waals surface area contributed by atoms with Gasteiger partial charge in [0, 0.05) is 4.90 Å². The number of fused-ring (bicyclic) bond motifs is 2. The van der Waals surface area contributed by atoms with Gasteiger partial charge < -0.3 is 4.42 Å². The van der Waals surface area contributed by atoms with E-state index < -0.39 is 6.04 Å². The van der Waals surface area contributed by atoms with Crippen LogP contribution in [0.5, 0.6) is 0 Å². The highest BCUT2D eigenvalue weighted by Crippen LogP contribution is 2.41. The number of hydrogen-bond acceptors (Lipinski definition) is 7. The lowest BCUT2D eigenvalue weighted by atomic mass is 9.99. The van der Waals surface area contributed by atoms with Gasteiger partial charge in [0.15, 0.2) is 5.43 Å². The zero-order valence-corrected chi connectivity index (χ0v) is 16.3. The van der Waals surface area contributed by atoms with Crippen molar-refractivity contribution in [2.75, 3.05) is 11.2 Å². The van der Waals surface area contributed by atoms with Crippen molar-refractivity contribution in [3.8, 4) is 0 Å². The topological polar surface area (TPSA) is 76.3 Å². The SMILES string of the molecule is CSc1ccc(C2c3c(oc4ccccc4c3=O)C(=O)N2c2nncs2)cc1. The van der Waals surface area contributed by atoms with E-state index in [4.69, 9.17) is 4.42 Å². The minimum absolute atomic E-state index is 0.0674. The van der Waals surface area contributed by atoms with Crippen molar-refractivity contribution >= 4 is 45.1 Å². The summed E-state index contributed by atoms with van der Waals surface area (Å²) in [4.78, 5) is 29.1. The molecule has 0 bridgehead atoms. The average molecular weight is 407 g/mol. The van der Waals surface area contributed by atoms with Crippen LogP contribution in [-0.2, 0) is 0 Å². The molecule has 5 rings (SSSR count). The molecule has 4 aromatic rings. The van der Waals surface area contributed by atoms with Crippen LogP contribution in [0.4, 0.5) is 5.13 Å². The molecule has 0 spiro atoms. The molecule has 0 N–H and O–H groups in total. The first-order chi connectivity index (χ1) is 13.7. The standard InChI is InChI=1S/C20H13N3O3S2/c1-27-12-8-6-11(7-9-12)16-15-17(24)13-4-2-3-5-14(13)26-18(15)19(25)23(16)20-22-21-10-28-20/h2-10,16H,1H3. The molecular weight excluding hydrogens is 394 g/mol. The van der Waals surface area contributed by atoms with Crippen LogP contribution < -0.4 is 10.3 Å². The molecule has 0 aliphatic carbocycles. The quantitative estimate of drug-likeness (QED) is 0.476. The third kappa shape index (κ3) is 2.49. The third-order valence-electron chi connectivity index (χ3n) is 4.76. The van der Waals surface area contributed by atoms with Crippen LogP contribution in [0.3, 0.4) is 0 Å². The molecule has 1 amide bonds. The van der Waals surface area contributed by atoms with E-state index in [1.165, 1.54) is 16.2 Å². The minimum Gasteiger partial charge on any atom is -0.450 e. The van der Waals surface area contributed by atoms with Crippen LogP contribution in [0.25, 0.3) is 11.0 Å². The van der Waals surface area contributed by atoms with Gasteiger partial charge in [-0.2, -0.15) is 0 Å². The van der Waals surface area contributed by atoms with Crippen LogP contribution in [0, 0.1) is 0 Å². The second kappa shape index (κ2) is 6.57. The van der Waals surface area contributed by atoms with E-state index in [9.17, 15) is 9.59 Å². The van der Waals surface area contributed by atoms with Crippen molar-refractivity contribution < 1.29 is 9.21 Å². The molecule has 1 aliphatic rings. The average Bonchev–Trinajstić information content (AvgIpc) is 3.35. The number of anilines is 1. The number of amides is 1. The van der Waals surface area contributed by atoms with Gasteiger partial charge in [0.1, 0.15) is 11.1 Å². The van der Waals surface area contributed by atoms with Crippen molar-refractivity contribution in [3.05, 3.63) is 81.2 Å². The minimum atomic E-state index is -0.604.